The van der Waals surface area contributed by atoms with E-state index in [9.17, 15) is 9.59 Å². The van der Waals surface area contributed by atoms with E-state index in [1.165, 1.54) is 0 Å². The summed E-state index contributed by atoms with van der Waals surface area (Å²) in [6.45, 7) is 4.01. The first-order valence-electron chi connectivity index (χ1n) is 8.31. The lowest BCUT2D eigenvalue weighted by Gasteiger charge is -2.31. The topological polar surface area (TPSA) is 40.6 Å². The van der Waals surface area contributed by atoms with Crippen LogP contribution >= 0.6 is 0 Å². The zero-order valence-corrected chi connectivity index (χ0v) is 13.2. The highest BCUT2D eigenvalue weighted by Gasteiger charge is 2.37. The van der Waals surface area contributed by atoms with Crippen LogP contribution in [0.3, 0.4) is 0 Å². The van der Waals surface area contributed by atoms with Crippen LogP contribution in [0.4, 0.5) is 0 Å². The minimum atomic E-state index is 0.123. The molecule has 4 nitrogen and oxygen atoms in total. The Hall–Kier alpha value is -1.84. The van der Waals surface area contributed by atoms with E-state index < -0.39 is 0 Å². The van der Waals surface area contributed by atoms with Crippen molar-refractivity contribution < 1.29 is 9.59 Å². The van der Waals surface area contributed by atoms with Gasteiger partial charge in [-0.05, 0) is 24.8 Å². The summed E-state index contributed by atoms with van der Waals surface area (Å²) in [7, 11) is 0. The van der Waals surface area contributed by atoms with E-state index in [4.69, 9.17) is 0 Å². The fourth-order valence-electron chi connectivity index (χ4n) is 3.16. The van der Waals surface area contributed by atoms with Gasteiger partial charge < -0.3 is 9.80 Å². The predicted octanol–water partition coefficient (Wildman–Crippen LogP) is 2.44. The van der Waals surface area contributed by atoms with E-state index in [0.29, 0.717) is 26.1 Å². The van der Waals surface area contributed by atoms with E-state index >= 15 is 0 Å². The third-order valence-electron chi connectivity index (χ3n) is 4.69. The van der Waals surface area contributed by atoms with Gasteiger partial charge >= 0.3 is 0 Å². The standard InChI is InChI=1S/C18H24N2O2/c1-2-16-13-19(18(22)15-8-9-15)11-10-17(21)20(16)12-14-6-4-3-5-7-14/h3-7,15-16H,2,8-13H2,1H3. The van der Waals surface area contributed by atoms with Gasteiger partial charge in [-0.1, -0.05) is 37.3 Å². The first kappa shape index (κ1) is 15.1. The molecule has 1 aromatic carbocycles. The van der Waals surface area contributed by atoms with Gasteiger partial charge in [-0.25, -0.2) is 0 Å². The maximum absolute atomic E-state index is 12.5. The summed E-state index contributed by atoms with van der Waals surface area (Å²) in [6, 6.07) is 10.2. The van der Waals surface area contributed by atoms with Gasteiger partial charge in [0.15, 0.2) is 0 Å². The molecule has 1 heterocycles. The Bertz CT molecular complexity index is 539. The van der Waals surface area contributed by atoms with Crippen molar-refractivity contribution in [1.29, 1.82) is 0 Å². The number of hydrogen-bond acceptors (Lipinski definition) is 2. The number of amides is 2. The number of carbonyl (C=O) groups is 2. The summed E-state index contributed by atoms with van der Waals surface area (Å²) in [4.78, 5) is 28.8. The molecule has 4 heteroatoms. The summed E-state index contributed by atoms with van der Waals surface area (Å²) in [5, 5.41) is 0. The lowest BCUT2D eigenvalue weighted by atomic mass is 10.1. The first-order chi connectivity index (χ1) is 10.7. The van der Waals surface area contributed by atoms with Crippen molar-refractivity contribution in [1.82, 2.24) is 9.80 Å². The maximum atomic E-state index is 12.5. The fraction of sp³-hybridized carbons (Fsp3) is 0.556. The molecule has 1 saturated carbocycles. The summed E-state index contributed by atoms with van der Waals surface area (Å²) in [5.74, 6) is 0.655. The summed E-state index contributed by atoms with van der Waals surface area (Å²) >= 11 is 0. The molecule has 2 aliphatic rings. The second kappa shape index (κ2) is 6.51. The van der Waals surface area contributed by atoms with E-state index in [-0.39, 0.29) is 23.8 Å². The number of hydrogen-bond donors (Lipinski definition) is 0. The van der Waals surface area contributed by atoms with Crippen LogP contribution in [0.2, 0.25) is 0 Å². The van der Waals surface area contributed by atoms with Crippen LogP contribution in [-0.2, 0) is 16.1 Å². The van der Waals surface area contributed by atoms with Gasteiger partial charge in [-0.3, -0.25) is 9.59 Å². The lowest BCUT2D eigenvalue weighted by molar-refractivity contribution is -0.134. The van der Waals surface area contributed by atoms with Crippen molar-refractivity contribution in [3.05, 3.63) is 35.9 Å². The highest BCUT2D eigenvalue weighted by Crippen LogP contribution is 2.32. The van der Waals surface area contributed by atoms with E-state index in [2.05, 4.69) is 19.1 Å². The maximum Gasteiger partial charge on any atom is 0.225 e. The summed E-state index contributed by atoms with van der Waals surface area (Å²) in [6.07, 6.45) is 3.37. The first-order valence-corrected chi connectivity index (χ1v) is 8.31. The van der Waals surface area contributed by atoms with Crippen molar-refractivity contribution >= 4 is 11.8 Å². The molecule has 2 amide bonds. The van der Waals surface area contributed by atoms with Crippen LogP contribution < -0.4 is 0 Å². The van der Waals surface area contributed by atoms with Gasteiger partial charge in [0.2, 0.25) is 11.8 Å². The highest BCUT2D eigenvalue weighted by atomic mass is 16.2. The monoisotopic (exact) mass is 300 g/mol. The molecule has 0 N–H and O–H groups in total. The van der Waals surface area contributed by atoms with Gasteiger partial charge in [0, 0.05) is 38.0 Å². The summed E-state index contributed by atoms with van der Waals surface area (Å²) in [5.41, 5.74) is 1.15. The average molecular weight is 300 g/mol. The number of benzene rings is 1. The molecule has 1 aliphatic heterocycles. The third kappa shape index (κ3) is 3.32. The van der Waals surface area contributed by atoms with Crippen LogP contribution in [0, 0.1) is 5.92 Å². The molecule has 1 unspecified atom stereocenters. The predicted molar refractivity (Wildman–Crippen MR) is 85.0 cm³/mol. The Kier molecular flexibility index (Phi) is 4.46. The van der Waals surface area contributed by atoms with Crippen LogP contribution in [0.1, 0.15) is 38.2 Å². The molecule has 118 valence electrons. The van der Waals surface area contributed by atoms with Crippen molar-refractivity contribution in [3.63, 3.8) is 0 Å². The van der Waals surface area contributed by atoms with Crippen molar-refractivity contribution in [3.8, 4) is 0 Å². The van der Waals surface area contributed by atoms with Crippen LogP contribution in [0.15, 0.2) is 30.3 Å². The van der Waals surface area contributed by atoms with Gasteiger partial charge in [-0.2, -0.15) is 0 Å². The minimum Gasteiger partial charge on any atom is -0.340 e. The Morgan fingerprint density at radius 3 is 2.59 bits per heavy atom. The van der Waals surface area contributed by atoms with Gasteiger partial charge in [-0.15, -0.1) is 0 Å². The molecule has 0 radical (unpaired) electrons. The number of rotatable bonds is 4. The molecule has 2 fully saturated rings. The second-order valence-electron chi connectivity index (χ2n) is 6.38. The fourth-order valence-corrected chi connectivity index (χ4v) is 3.16. The molecule has 0 spiro atoms. The van der Waals surface area contributed by atoms with Crippen LogP contribution in [0.25, 0.3) is 0 Å². The molecule has 3 rings (SSSR count). The zero-order valence-electron chi connectivity index (χ0n) is 13.2. The smallest absolute Gasteiger partial charge is 0.225 e. The van der Waals surface area contributed by atoms with Crippen molar-refractivity contribution in [2.24, 2.45) is 5.92 Å². The van der Waals surface area contributed by atoms with Gasteiger partial charge in [0.25, 0.3) is 0 Å². The molecule has 0 aromatic heterocycles. The SMILES string of the molecule is CCC1CN(C(=O)C2CC2)CCC(=O)N1Cc1ccccc1. The Balaban J connectivity index is 1.73. The van der Waals surface area contributed by atoms with Gasteiger partial charge in [0.05, 0.1) is 0 Å². The van der Waals surface area contributed by atoms with E-state index in [1.807, 2.05) is 28.0 Å². The molecule has 1 atom stereocenters. The quantitative estimate of drug-likeness (QED) is 0.857. The highest BCUT2D eigenvalue weighted by molar-refractivity contribution is 5.83. The zero-order chi connectivity index (χ0) is 15.5. The van der Waals surface area contributed by atoms with E-state index in [0.717, 1.165) is 24.8 Å². The Morgan fingerprint density at radius 1 is 1.23 bits per heavy atom. The summed E-state index contributed by atoms with van der Waals surface area (Å²) < 4.78 is 0. The van der Waals surface area contributed by atoms with Gasteiger partial charge in [0.1, 0.15) is 0 Å². The molecule has 1 aromatic rings. The van der Waals surface area contributed by atoms with Crippen LogP contribution in [0.5, 0.6) is 0 Å². The molecule has 1 saturated heterocycles. The normalized spacial score (nSPS) is 22.6. The van der Waals surface area contributed by atoms with Crippen molar-refractivity contribution in [2.45, 2.75) is 45.2 Å². The molecule has 1 aliphatic carbocycles. The minimum absolute atomic E-state index is 0.123. The van der Waals surface area contributed by atoms with Crippen LogP contribution in [-0.4, -0.2) is 40.7 Å². The second-order valence-corrected chi connectivity index (χ2v) is 6.38. The largest absolute Gasteiger partial charge is 0.340 e. The number of carbonyl (C=O) groups excluding carboxylic acids is 2. The molecule has 0 bridgehead atoms. The Labute approximate surface area is 132 Å². The Morgan fingerprint density at radius 2 is 1.95 bits per heavy atom. The molecular formula is C18H24N2O2. The van der Waals surface area contributed by atoms with Crippen molar-refractivity contribution in [2.75, 3.05) is 13.1 Å². The molecular weight excluding hydrogens is 276 g/mol. The van der Waals surface area contributed by atoms with E-state index in [1.54, 1.807) is 0 Å². The number of nitrogens with zero attached hydrogens (tertiary/aromatic N) is 2. The lowest BCUT2D eigenvalue weighted by Crippen LogP contribution is -2.44. The average Bonchev–Trinajstić information content (AvgIpc) is 3.38. The third-order valence-corrected chi connectivity index (χ3v) is 4.69. The molecule has 22 heavy (non-hydrogen) atoms.